The summed E-state index contributed by atoms with van der Waals surface area (Å²) >= 11 is 2.86. The van der Waals surface area contributed by atoms with Crippen molar-refractivity contribution in [2.24, 2.45) is 0 Å². The molecule has 0 saturated carbocycles. The molecule has 0 bridgehead atoms. The van der Waals surface area contributed by atoms with E-state index in [-0.39, 0.29) is 5.56 Å². The Hall–Kier alpha value is -1.92. The quantitative estimate of drug-likeness (QED) is 0.786. The molecule has 3 rings (SSSR count). The molecule has 3 aromatic rings. The lowest BCUT2D eigenvalue weighted by atomic mass is 10.1. The summed E-state index contributed by atoms with van der Waals surface area (Å²) in [6.07, 6.45) is 0. The molecule has 0 saturated heterocycles. The molecule has 0 amide bonds. The number of hydrogen-bond acceptors (Lipinski definition) is 5. The van der Waals surface area contributed by atoms with E-state index < -0.39 is 5.97 Å². The van der Waals surface area contributed by atoms with Gasteiger partial charge in [-0.15, -0.1) is 11.3 Å². The second kappa shape index (κ2) is 5.46. The predicted molar refractivity (Wildman–Crippen MR) is 84.4 cm³/mol. The maximum atomic E-state index is 11.4. The zero-order chi connectivity index (χ0) is 15.0. The lowest BCUT2D eigenvalue weighted by Gasteiger charge is -2.07. The number of aromatic nitrogens is 2. The van der Waals surface area contributed by atoms with Crippen LogP contribution in [-0.2, 0) is 0 Å². The van der Waals surface area contributed by atoms with Crippen LogP contribution in [0.1, 0.15) is 21.6 Å². The van der Waals surface area contributed by atoms with Crippen LogP contribution in [0.3, 0.4) is 0 Å². The van der Waals surface area contributed by atoms with E-state index in [1.807, 2.05) is 31.2 Å². The molecule has 0 radical (unpaired) electrons. The Bertz CT molecular complexity index is 810. The summed E-state index contributed by atoms with van der Waals surface area (Å²) in [4.78, 5) is 20.3. The van der Waals surface area contributed by atoms with Gasteiger partial charge in [0.2, 0.25) is 0 Å². The van der Waals surface area contributed by atoms with Gasteiger partial charge in [-0.25, -0.2) is 14.8 Å². The number of thiazole rings is 1. The molecule has 2 heterocycles. The van der Waals surface area contributed by atoms with E-state index >= 15 is 0 Å². The number of nitrogens with zero attached hydrogens (tertiary/aromatic N) is 2. The van der Waals surface area contributed by atoms with E-state index in [1.54, 1.807) is 24.3 Å². The van der Waals surface area contributed by atoms with Crippen molar-refractivity contribution in [3.63, 3.8) is 0 Å². The zero-order valence-electron chi connectivity index (χ0n) is 11.5. The third-order valence-electron chi connectivity index (χ3n) is 2.98. The van der Waals surface area contributed by atoms with Gasteiger partial charge in [0.25, 0.3) is 0 Å². The molecule has 106 valence electrons. The van der Waals surface area contributed by atoms with E-state index in [1.165, 1.54) is 11.8 Å². The van der Waals surface area contributed by atoms with Gasteiger partial charge in [-0.05, 0) is 49.4 Å². The lowest BCUT2D eigenvalue weighted by Crippen LogP contribution is -2.05. The Morgan fingerprint density at radius 1 is 1.24 bits per heavy atom. The Morgan fingerprint density at radius 2 is 2.00 bits per heavy atom. The number of benzene rings is 1. The standard InChI is InChI=1S/C15H12N2O2S2/c1-8-7-9(2)16-13(12(8)14(18)19)21-15-17-10-5-3-4-6-11(10)20-15/h3-7H,1-2H3,(H,18,19). The fraction of sp³-hybridized carbons (Fsp3) is 0.133. The first-order valence-electron chi connectivity index (χ1n) is 6.29. The summed E-state index contributed by atoms with van der Waals surface area (Å²) in [5.74, 6) is -0.955. The number of fused-ring (bicyclic) bond motifs is 1. The molecule has 1 aromatic carbocycles. The van der Waals surface area contributed by atoms with Crippen LogP contribution in [0.4, 0.5) is 0 Å². The first kappa shape index (κ1) is 14.0. The van der Waals surface area contributed by atoms with Crippen LogP contribution >= 0.6 is 23.1 Å². The van der Waals surface area contributed by atoms with Crippen LogP contribution in [0.25, 0.3) is 10.2 Å². The number of carbonyl (C=O) groups is 1. The molecule has 0 atom stereocenters. The van der Waals surface area contributed by atoms with Gasteiger partial charge in [0.1, 0.15) is 5.03 Å². The van der Waals surface area contributed by atoms with Crippen LogP contribution in [0.15, 0.2) is 39.7 Å². The van der Waals surface area contributed by atoms with Gasteiger partial charge in [0, 0.05) is 5.69 Å². The SMILES string of the molecule is Cc1cc(C)c(C(=O)O)c(Sc2nc3ccccc3s2)n1. The van der Waals surface area contributed by atoms with Gasteiger partial charge in [0.15, 0.2) is 4.34 Å². The summed E-state index contributed by atoms with van der Waals surface area (Å²) in [5, 5.41) is 9.88. The first-order valence-corrected chi connectivity index (χ1v) is 7.93. The van der Waals surface area contributed by atoms with Crippen molar-refractivity contribution in [3.05, 3.63) is 47.2 Å². The minimum Gasteiger partial charge on any atom is -0.478 e. The number of hydrogen-bond donors (Lipinski definition) is 1. The summed E-state index contributed by atoms with van der Waals surface area (Å²) in [7, 11) is 0. The fourth-order valence-electron chi connectivity index (χ4n) is 2.11. The molecule has 1 N–H and O–H groups in total. The minimum atomic E-state index is -0.955. The zero-order valence-corrected chi connectivity index (χ0v) is 13.1. The van der Waals surface area contributed by atoms with Gasteiger partial charge in [-0.2, -0.15) is 0 Å². The third kappa shape index (κ3) is 2.77. The molecule has 4 nitrogen and oxygen atoms in total. The number of para-hydroxylation sites is 1. The van der Waals surface area contributed by atoms with Crippen LogP contribution in [0.5, 0.6) is 0 Å². The summed E-state index contributed by atoms with van der Waals surface area (Å²) in [6.45, 7) is 3.65. The monoisotopic (exact) mass is 316 g/mol. The Balaban J connectivity index is 2.06. The predicted octanol–water partition coefficient (Wildman–Crippen LogP) is 4.16. The molecule has 21 heavy (non-hydrogen) atoms. The summed E-state index contributed by atoms with van der Waals surface area (Å²) in [5.41, 5.74) is 2.70. The number of aromatic carboxylic acids is 1. The average Bonchev–Trinajstić information content (AvgIpc) is 2.79. The highest BCUT2D eigenvalue weighted by atomic mass is 32.2. The maximum absolute atomic E-state index is 11.4. The van der Waals surface area contributed by atoms with E-state index in [2.05, 4.69) is 9.97 Å². The highest BCUT2D eigenvalue weighted by molar-refractivity contribution is 8.01. The van der Waals surface area contributed by atoms with Crippen molar-refractivity contribution in [1.82, 2.24) is 9.97 Å². The highest BCUT2D eigenvalue weighted by Crippen LogP contribution is 2.35. The number of carboxylic acid groups (broad SMARTS) is 1. The molecular weight excluding hydrogens is 304 g/mol. The van der Waals surface area contributed by atoms with Crippen LogP contribution in [0.2, 0.25) is 0 Å². The van der Waals surface area contributed by atoms with Crippen molar-refractivity contribution in [2.75, 3.05) is 0 Å². The molecule has 0 aliphatic rings. The Labute approximate surface area is 129 Å². The van der Waals surface area contributed by atoms with Gasteiger partial charge in [-0.1, -0.05) is 12.1 Å². The van der Waals surface area contributed by atoms with E-state index in [4.69, 9.17) is 0 Å². The molecular formula is C15H12N2O2S2. The largest absolute Gasteiger partial charge is 0.478 e. The number of rotatable bonds is 3. The Morgan fingerprint density at radius 3 is 2.71 bits per heavy atom. The maximum Gasteiger partial charge on any atom is 0.338 e. The van der Waals surface area contributed by atoms with Gasteiger partial charge >= 0.3 is 5.97 Å². The van der Waals surface area contributed by atoms with Crippen molar-refractivity contribution in [3.8, 4) is 0 Å². The summed E-state index contributed by atoms with van der Waals surface area (Å²) in [6, 6.07) is 9.64. The van der Waals surface area contributed by atoms with E-state index in [9.17, 15) is 9.90 Å². The van der Waals surface area contributed by atoms with Crippen LogP contribution < -0.4 is 0 Å². The molecule has 2 aromatic heterocycles. The molecule has 0 unspecified atom stereocenters. The number of carboxylic acids is 1. The van der Waals surface area contributed by atoms with Gasteiger partial charge < -0.3 is 5.11 Å². The van der Waals surface area contributed by atoms with Crippen molar-refractivity contribution >= 4 is 39.3 Å². The average molecular weight is 316 g/mol. The van der Waals surface area contributed by atoms with Crippen molar-refractivity contribution in [2.45, 2.75) is 23.2 Å². The first-order chi connectivity index (χ1) is 10.0. The van der Waals surface area contributed by atoms with E-state index in [0.29, 0.717) is 5.03 Å². The molecule has 0 spiro atoms. The molecule has 0 aliphatic carbocycles. The fourth-order valence-corrected chi connectivity index (χ4v) is 4.33. The normalized spacial score (nSPS) is 11.0. The smallest absolute Gasteiger partial charge is 0.338 e. The molecule has 6 heteroatoms. The number of pyridine rings is 1. The van der Waals surface area contributed by atoms with Gasteiger partial charge in [0.05, 0.1) is 15.8 Å². The highest BCUT2D eigenvalue weighted by Gasteiger charge is 2.18. The summed E-state index contributed by atoms with van der Waals surface area (Å²) < 4.78 is 1.89. The second-order valence-corrected chi connectivity index (χ2v) is 6.88. The molecule has 0 aliphatic heterocycles. The number of aryl methyl sites for hydroxylation is 2. The van der Waals surface area contributed by atoms with Crippen molar-refractivity contribution in [1.29, 1.82) is 0 Å². The lowest BCUT2D eigenvalue weighted by molar-refractivity contribution is 0.0691. The second-order valence-electron chi connectivity index (χ2n) is 4.62. The van der Waals surface area contributed by atoms with Crippen molar-refractivity contribution < 1.29 is 9.90 Å². The molecule has 0 fully saturated rings. The van der Waals surface area contributed by atoms with Crippen LogP contribution in [-0.4, -0.2) is 21.0 Å². The Kier molecular flexibility index (Phi) is 3.65. The third-order valence-corrected chi connectivity index (χ3v) is 5.07. The van der Waals surface area contributed by atoms with Gasteiger partial charge in [-0.3, -0.25) is 0 Å². The minimum absolute atomic E-state index is 0.254. The van der Waals surface area contributed by atoms with E-state index in [0.717, 1.165) is 25.8 Å². The van der Waals surface area contributed by atoms with Crippen LogP contribution in [0, 0.1) is 13.8 Å². The topological polar surface area (TPSA) is 63.1 Å².